The average Bonchev–Trinajstić information content (AvgIpc) is 2.75. The molecule has 6 nitrogen and oxygen atoms in total. The van der Waals surface area contributed by atoms with Crippen LogP contribution in [0.1, 0.15) is 12.8 Å². The standard InChI is InChI=1S/C22H29N3O3/c1-24(16-17-28-21-10-8-20(27-2)9-11-21)22(26)23-18-12-14-25(15-13-18)19-6-4-3-5-7-19/h3-11,18H,12-17H2,1-2H3,(H,23,26). The van der Waals surface area contributed by atoms with Crippen LogP contribution in [-0.2, 0) is 0 Å². The molecule has 3 rings (SSSR count). The van der Waals surface area contributed by atoms with Crippen LogP contribution in [0.25, 0.3) is 0 Å². The summed E-state index contributed by atoms with van der Waals surface area (Å²) in [4.78, 5) is 16.5. The number of carbonyl (C=O) groups is 1. The molecule has 0 aromatic heterocycles. The van der Waals surface area contributed by atoms with Crippen molar-refractivity contribution in [1.29, 1.82) is 0 Å². The molecule has 0 aliphatic carbocycles. The van der Waals surface area contributed by atoms with E-state index in [2.05, 4.69) is 34.5 Å². The Bertz CT molecular complexity index is 728. The molecule has 2 aromatic carbocycles. The highest BCUT2D eigenvalue weighted by atomic mass is 16.5. The molecule has 0 atom stereocenters. The minimum atomic E-state index is -0.0449. The molecule has 1 aliphatic rings. The van der Waals surface area contributed by atoms with Crippen molar-refractivity contribution in [1.82, 2.24) is 10.2 Å². The van der Waals surface area contributed by atoms with Crippen LogP contribution in [0.4, 0.5) is 10.5 Å². The molecule has 1 saturated heterocycles. The van der Waals surface area contributed by atoms with E-state index in [1.807, 2.05) is 30.3 Å². The SMILES string of the molecule is COc1ccc(OCCN(C)C(=O)NC2CCN(c3ccccc3)CC2)cc1. The van der Waals surface area contributed by atoms with Gasteiger partial charge >= 0.3 is 6.03 Å². The third-order valence-electron chi connectivity index (χ3n) is 5.05. The zero-order chi connectivity index (χ0) is 19.8. The van der Waals surface area contributed by atoms with Crippen LogP contribution in [0.2, 0.25) is 0 Å². The van der Waals surface area contributed by atoms with Gasteiger partial charge in [-0.3, -0.25) is 0 Å². The van der Waals surface area contributed by atoms with Gasteiger partial charge in [0.1, 0.15) is 18.1 Å². The number of benzene rings is 2. The Hall–Kier alpha value is -2.89. The van der Waals surface area contributed by atoms with Crippen molar-refractivity contribution in [2.24, 2.45) is 0 Å². The summed E-state index contributed by atoms with van der Waals surface area (Å²) >= 11 is 0. The summed E-state index contributed by atoms with van der Waals surface area (Å²) in [5.41, 5.74) is 1.25. The van der Waals surface area contributed by atoms with Crippen molar-refractivity contribution in [3.05, 3.63) is 54.6 Å². The highest BCUT2D eigenvalue weighted by molar-refractivity contribution is 5.74. The average molecular weight is 383 g/mol. The van der Waals surface area contributed by atoms with Crippen molar-refractivity contribution in [2.75, 3.05) is 45.3 Å². The van der Waals surface area contributed by atoms with Crippen LogP contribution >= 0.6 is 0 Å². The van der Waals surface area contributed by atoms with Gasteiger partial charge in [-0.2, -0.15) is 0 Å². The first-order valence-corrected chi connectivity index (χ1v) is 9.74. The number of methoxy groups -OCH3 is 1. The van der Waals surface area contributed by atoms with Gasteiger partial charge in [0.15, 0.2) is 0 Å². The molecule has 0 unspecified atom stereocenters. The fraction of sp³-hybridized carbons (Fsp3) is 0.409. The number of amides is 2. The van der Waals surface area contributed by atoms with Gasteiger partial charge in [-0.1, -0.05) is 18.2 Å². The fourth-order valence-electron chi connectivity index (χ4n) is 3.28. The topological polar surface area (TPSA) is 54.0 Å². The van der Waals surface area contributed by atoms with Crippen LogP contribution in [0.15, 0.2) is 54.6 Å². The van der Waals surface area contributed by atoms with Gasteiger partial charge in [-0.15, -0.1) is 0 Å². The minimum Gasteiger partial charge on any atom is -0.497 e. The highest BCUT2D eigenvalue weighted by Gasteiger charge is 2.22. The van der Waals surface area contributed by atoms with E-state index in [1.54, 1.807) is 19.1 Å². The molecule has 1 aliphatic heterocycles. The summed E-state index contributed by atoms with van der Waals surface area (Å²) in [7, 11) is 3.43. The zero-order valence-corrected chi connectivity index (χ0v) is 16.6. The molecule has 0 spiro atoms. The molecule has 0 radical (unpaired) electrons. The number of ether oxygens (including phenoxy) is 2. The van der Waals surface area contributed by atoms with Gasteiger partial charge in [-0.05, 0) is 49.2 Å². The Morgan fingerprint density at radius 3 is 2.36 bits per heavy atom. The number of rotatable bonds is 7. The summed E-state index contributed by atoms with van der Waals surface area (Å²) in [5.74, 6) is 1.56. The maximum Gasteiger partial charge on any atom is 0.317 e. The predicted octanol–water partition coefficient (Wildman–Crippen LogP) is 3.38. The molecule has 6 heteroatoms. The van der Waals surface area contributed by atoms with Gasteiger partial charge in [0.2, 0.25) is 0 Å². The monoisotopic (exact) mass is 383 g/mol. The summed E-state index contributed by atoms with van der Waals surface area (Å²) < 4.78 is 10.8. The van der Waals surface area contributed by atoms with Crippen LogP contribution in [0.3, 0.4) is 0 Å². The van der Waals surface area contributed by atoms with E-state index >= 15 is 0 Å². The van der Waals surface area contributed by atoms with Crippen molar-refractivity contribution >= 4 is 11.7 Å². The Labute approximate surface area is 167 Å². The molecule has 2 amide bonds. The predicted molar refractivity (Wildman–Crippen MR) is 111 cm³/mol. The Kier molecular flexibility index (Phi) is 7.00. The number of carbonyl (C=O) groups excluding carboxylic acids is 1. The van der Waals surface area contributed by atoms with Gasteiger partial charge in [0.25, 0.3) is 0 Å². The second kappa shape index (κ2) is 9.88. The number of nitrogens with zero attached hydrogens (tertiary/aromatic N) is 2. The number of hydrogen-bond acceptors (Lipinski definition) is 4. The lowest BCUT2D eigenvalue weighted by Gasteiger charge is -2.34. The summed E-state index contributed by atoms with van der Waals surface area (Å²) in [6.45, 7) is 2.89. The first-order chi connectivity index (χ1) is 13.7. The van der Waals surface area contributed by atoms with Gasteiger partial charge in [-0.25, -0.2) is 4.79 Å². The lowest BCUT2D eigenvalue weighted by atomic mass is 10.0. The third-order valence-corrected chi connectivity index (χ3v) is 5.05. The van der Waals surface area contributed by atoms with Crippen LogP contribution in [-0.4, -0.2) is 57.4 Å². The van der Waals surface area contributed by atoms with Crippen molar-refractivity contribution < 1.29 is 14.3 Å². The van der Waals surface area contributed by atoms with Gasteiger partial charge in [0.05, 0.1) is 13.7 Å². The number of anilines is 1. The smallest absolute Gasteiger partial charge is 0.317 e. The van der Waals surface area contributed by atoms with Crippen molar-refractivity contribution in [3.8, 4) is 11.5 Å². The van der Waals surface area contributed by atoms with Gasteiger partial charge < -0.3 is 24.6 Å². The second-order valence-corrected chi connectivity index (χ2v) is 6.99. The highest BCUT2D eigenvalue weighted by Crippen LogP contribution is 2.19. The Morgan fingerprint density at radius 1 is 1.07 bits per heavy atom. The van der Waals surface area contributed by atoms with E-state index in [4.69, 9.17) is 9.47 Å². The molecule has 0 saturated carbocycles. The molecular weight excluding hydrogens is 354 g/mol. The molecule has 28 heavy (non-hydrogen) atoms. The summed E-state index contributed by atoms with van der Waals surface area (Å²) in [6.07, 6.45) is 1.91. The number of nitrogens with one attached hydrogen (secondary N) is 1. The van der Waals surface area contributed by atoms with E-state index in [9.17, 15) is 4.79 Å². The largest absolute Gasteiger partial charge is 0.497 e. The number of likely N-dealkylation sites (N-methyl/N-ethyl adjacent to an activating group) is 1. The lowest BCUT2D eigenvalue weighted by molar-refractivity contribution is 0.189. The van der Waals surface area contributed by atoms with Gasteiger partial charge in [0, 0.05) is 31.9 Å². The Morgan fingerprint density at radius 2 is 1.71 bits per heavy atom. The first kappa shape index (κ1) is 19.9. The third kappa shape index (κ3) is 5.55. The van der Waals surface area contributed by atoms with E-state index < -0.39 is 0 Å². The lowest BCUT2D eigenvalue weighted by Crippen LogP contribution is -2.49. The van der Waals surface area contributed by atoms with Crippen LogP contribution in [0, 0.1) is 0 Å². The molecule has 1 heterocycles. The zero-order valence-electron chi connectivity index (χ0n) is 16.6. The minimum absolute atomic E-state index is 0.0449. The normalized spacial score (nSPS) is 14.4. The summed E-state index contributed by atoms with van der Waals surface area (Å²) in [6, 6.07) is 18.0. The molecular formula is C22H29N3O3. The maximum atomic E-state index is 12.4. The molecule has 150 valence electrons. The quantitative estimate of drug-likeness (QED) is 0.796. The van der Waals surface area contributed by atoms with Crippen molar-refractivity contribution in [2.45, 2.75) is 18.9 Å². The second-order valence-electron chi connectivity index (χ2n) is 6.99. The Balaban J connectivity index is 1.36. The fourth-order valence-corrected chi connectivity index (χ4v) is 3.28. The van der Waals surface area contributed by atoms with E-state index in [1.165, 1.54) is 5.69 Å². The molecule has 2 aromatic rings. The van der Waals surface area contributed by atoms with E-state index in [0.29, 0.717) is 13.2 Å². The number of piperidine rings is 1. The van der Waals surface area contributed by atoms with Crippen molar-refractivity contribution in [3.63, 3.8) is 0 Å². The number of urea groups is 1. The molecule has 1 fully saturated rings. The first-order valence-electron chi connectivity index (χ1n) is 9.74. The molecule has 0 bridgehead atoms. The van der Waals surface area contributed by atoms with E-state index in [-0.39, 0.29) is 12.1 Å². The number of hydrogen-bond donors (Lipinski definition) is 1. The maximum absolute atomic E-state index is 12.4. The van der Waals surface area contributed by atoms with E-state index in [0.717, 1.165) is 37.4 Å². The summed E-state index contributed by atoms with van der Waals surface area (Å²) in [5, 5.41) is 3.14. The molecule has 1 N–H and O–H groups in total. The van der Waals surface area contributed by atoms with Crippen LogP contribution in [0.5, 0.6) is 11.5 Å². The van der Waals surface area contributed by atoms with Crippen LogP contribution < -0.4 is 19.7 Å². The number of para-hydroxylation sites is 1.